The molecule has 0 N–H and O–H groups in total. The van der Waals surface area contributed by atoms with Crippen molar-refractivity contribution in [3.05, 3.63) is 48.0 Å². The van der Waals surface area contributed by atoms with Crippen LogP contribution in [0.25, 0.3) is 10.8 Å². The summed E-state index contributed by atoms with van der Waals surface area (Å²) in [5.74, 6) is 0. The second-order valence-electron chi connectivity index (χ2n) is 3.04. The van der Waals surface area contributed by atoms with Crippen molar-refractivity contribution in [3.63, 3.8) is 0 Å². The molecule has 0 aliphatic heterocycles. The summed E-state index contributed by atoms with van der Waals surface area (Å²) in [6.45, 7) is 6.18. The van der Waals surface area contributed by atoms with Crippen LogP contribution in [0.3, 0.4) is 0 Å². The fraction of sp³-hybridized carbons (Fsp3) is 0.375. The van der Waals surface area contributed by atoms with Gasteiger partial charge in [0.25, 0.3) is 0 Å². The van der Waals surface area contributed by atoms with Crippen LogP contribution >= 0.6 is 0 Å². The summed E-state index contributed by atoms with van der Waals surface area (Å²) in [4.78, 5) is 0. The summed E-state index contributed by atoms with van der Waals surface area (Å²) in [6, 6.07) is 15.1. The van der Waals surface area contributed by atoms with Gasteiger partial charge in [0.1, 0.15) is 0 Å². The van der Waals surface area contributed by atoms with Crippen LogP contribution in [0.1, 0.15) is 41.2 Å². The lowest BCUT2D eigenvalue weighted by atomic mass is 10.1. The van der Waals surface area contributed by atoms with Crippen LogP contribution in [0.15, 0.2) is 42.5 Å². The first-order valence-electron chi connectivity index (χ1n) is 5.38. The average Bonchev–Trinajstić information content (AvgIpc) is 2.31. The van der Waals surface area contributed by atoms with E-state index in [0.29, 0.717) is 0 Å². The monoisotopic (exact) mass is 218 g/mol. The molecule has 0 saturated carbocycles. The lowest BCUT2D eigenvalue weighted by Crippen LogP contribution is -1.79. The number of rotatable bonds is 1. The van der Waals surface area contributed by atoms with Crippen LogP contribution in [0.2, 0.25) is 0 Å². The minimum atomic E-state index is 0. The molecule has 0 fully saturated rings. The second-order valence-corrected chi connectivity index (χ2v) is 3.04. The zero-order chi connectivity index (χ0) is 10.4. The minimum absolute atomic E-state index is 0. The van der Waals surface area contributed by atoms with E-state index in [9.17, 15) is 0 Å². The molecule has 2 aromatic rings. The van der Waals surface area contributed by atoms with Crippen molar-refractivity contribution < 1.29 is 0 Å². The molecule has 0 amide bonds. The minimum Gasteiger partial charge on any atom is -0.0776 e. The van der Waals surface area contributed by atoms with Gasteiger partial charge in [-0.05, 0) is 22.8 Å². The molecule has 0 aliphatic carbocycles. The molecule has 2 aromatic carbocycles. The molecule has 0 bridgehead atoms. The number of aryl methyl sites for hydroxylation is 1. The van der Waals surface area contributed by atoms with Gasteiger partial charge >= 0.3 is 0 Å². The molecule has 0 spiro atoms. The SMILES string of the molecule is C.C.CC.CCc1ccc2ccccc2c1. The Kier molecular flexibility index (Phi) is 9.58. The molecule has 0 radical (unpaired) electrons. The van der Waals surface area contributed by atoms with Crippen molar-refractivity contribution in [2.24, 2.45) is 0 Å². The first kappa shape index (κ1) is 17.1. The van der Waals surface area contributed by atoms with Crippen molar-refractivity contribution in [2.75, 3.05) is 0 Å². The van der Waals surface area contributed by atoms with Gasteiger partial charge in [0.15, 0.2) is 0 Å². The third-order valence-electron chi connectivity index (χ3n) is 2.22. The van der Waals surface area contributed by atoms with E-state index >= 15 is 0 Å². The van der Waals surface area contributed by atoms with Crippen molar-refractivity contribution in [1.82, 2.24) is 0 Å². The van der Waals surface area contributed by atoms with Crippen LogP contribution in [0.4, 0.5) is 0 Å². The van der Waals surface area contributed by atoms with Gasteiger partial charge in [0, 0.05) is 0 Å². The third kappa shape index (κ3) is 4.06. The lowest BCUT2D eigenvalue weighted by molar-refractivity contribution is 1.15. The van der Waals surface area contributed by atoms with Crippen LogP contribution in [0.5, 0.6) is 0 Å². The molecule has 0 atom stereocenters. The van der Waals surface area contributed by atoms with Gasteiger partial charge in [-0.25, -0.2) is 0 Å². The lowest BCUT2D eigenvalue weighted by Gasteiger charge is -1.99. The molecule has 0 saturated heterocycles. The van der Waals surface area contributed by atoms with Gasteiger partial charge < -0.3 is 0 Å². The van der Waals surface area contributed by atoms with E-state index in [1.165, 1.54) is 16.3 Å². The summed E-state index contributed by atoms with van der Waals surface area (Å²) in [5, 5.41) is 2.67. The number of benzene rings is 2. The van der Waals surface area contributed by atoms with Crippen LogP contribution in [-0.2, 0) is 6.42 Å². The van der Waals surface area contributed by atoms with Crippen LogP contribution < -0.4 is 0 Å². The molecule has 0 heterocycles. The fourth-order valence-electron chi connectivity index (χ4n) is 1.46. The molecule has 0 aromatic heterocycles. The highest BCUT2D eigenvalue weighted by atomic mass is 14.0. The maximum atomic E-state index is 2.26. The van der Waals surface area contributed by atoms with E-state index < -0.39 is 0 Å². The Bertz CT molecular complexity index is 388. The Morgan fingerprint density at radius 3 is 1.94 bits per heavy atom. The predicted molar refractivity (Wildman–Crippen MR) is 78.1 cm³/mol. The van der Waals surface area contributed by atoms with Crippen molar-refractivity contribution in [3.8, 4) is 0 Å². The maximum Gasteiger partial charge on any atom is -0.0181 e. The molecule has 90 valence electrons. The first-order valence-corrected chi connectivity index (χ1v) is 5.38. The molecular weight excluding hydrogens is 192 g/mol. The van der Waals surface area contributed by atoms with Gasteiger partial charge in [-0.15, -0.1) is 0 Å². The molecule has 0 aliphatic rings. The normalized spacial score (nSPS) is 8.19. The van der Waals surface area contributed by atoms with Gasteiger partial charge in [-0.3, -0.25) is 0 Å². The van der Waals surface area contributed by atoms with Crippen LogP contribution in [-0.4, -0.2) is 0 Å². The summed E-state index contributed by atoms with van der Waals surface area (Å²) in [6.07, 6.45) is 1.12. The zero-order valence-corrected chi connectivity index (χ0v) is 9.25. The number of hydrogen-bond donors (Lipinski definition) is 0. The highest BCUT2D eigenvalue weighted by Crippen LogP contribution is 2.15. The quantitative estimate of drug-likeness (QED) is 0.576. The highest BCUT2D eigenvalue weighted by Gasteiger charge is 1.92. The van der Waals surface area contributed by atoms with Gasteiger partial charge in [0.05, 0.1) is 0 Å². The van der Waals surface area contributed by atoms with Gasteiger partial charge in [0.2, 0.25) is 0 Å². The summed E-state index contributed by atoms with van der Waals surface area (Å²) in [5.41, 5.74) is 1.41. The van der Waals surface area contributed by atoms with E-state index in [1.807, 2.05) is 13.8 Å². The molecule has 2 rings (SSSR count). The van der Waals surface area contributed by atoms with Crippen molar-refractivity contribution in [2.45, 2.75) is 42.0 Å². The molecule has 16 heavy (non-hydrogen) atoms. The van der Waals surface area contributed by atoms with Crippen LogP contribution in [0, 0.1) is 0 Å². The highest BCUT2D eigenvalue weighted by molar-refractivity contribution is 5.82. The Labute approximate surface area is 101 Å². The average molecular weight is 218 g/mol. The van der Waals surface area contributed by atoms with E-state index in [1.54, 1.807) is 0 Å². The number of fused-ring (bicyclic) bond motifs is 1. The Morgan fingerprint density at radius 1 is 0.812 bits per heavy atom. The Balaban J connectivity index is 0. The Hall–Kier alpha value is -1.30. The molecule has 0 heteroatoms. The van der Waals surface area contributed by atoms with E-state index in [4.69, 9.17) is 0 Å². The third-order valence-corrected chi connectivity index (χ3v) is 2.22. The molecular formula is C16H26. The molecule has 0 unspecified atom stereocenters. The van der Waals surface area contributed by atoms with Gasteiger partial charge in [-0.2, -0.15) is 0 Å². The maximum absolute atomic E-state index is 2.26. The van der Waals surface area contributed by atoms with E-state index in [-0.39, 0.29) is 14.9 Å². The molecule has 0 nitrogen and oxygen atoms in total. The first-order chi connectivity index (χ1) is 6.90. The number of hydrogen-bond acceptors (Lipinski definition) is 0. The second kappa shape index (κ2) is 8.96. The van der Waals surface area contributed by atoms with Gasteiger partial charge in [-0.1, -0.05) is 78.1 Å². The summed E-state index contributed by atoms with van der Waals surface area (Å²) >= 11 is 0. The Morgan fingerprint density at radius 2 is 1.38 bits per heavy atom. The van der Waals surface area contributed by atoms with E-state index in [2.05, 4.69) is 49.4 Å². The fourth-order valence-corrected chi connectivity index (χ4v) is 1.46. The van der Waals surface area contributed by atoms with Crippen molar-refractivity contribution in [1.29, 1.82) is 0 Å². The summed E-state index contributed by atoms with van der Waals surface area (Å²) in [7, 11) is 0. The topological polar surface area (TPSA) is 0 Å². The zero-order valence-electron chi connectivity index (χ0n) is 9.25. The van der Waals surface area contributed by atoms with E-state index in [0.717, 1.165) is 6.42 Å². The van der Waals surface area contributed by atoms with Crippen molar-refractivity contribution >= 4 is 10.8 Å². The standard InChI is InChI=1S/C12H12.C2H6.2CH4/c1-2-10-7-8-11-5-3-4-6-12(11)9-10;1-2;;/h3-9H,2H2,1H3;1-2H3;2*1H4. The predicted octanol–water partition coefficient (Wildman–Crippen LogP) is 5.70. The largest absolute Gasteiger partial charge is 0.0776 e. The summed E-state index contributed by atoms with van der Waals surface area (Å²) < 4.78 is 0. The smallest absolute Gasteiger partial charge is 0.0181 e.